The van der Waals surface area contributed by atoms with E-state index in [9.17, 15) is 9.59 Å². The van der Waals surface area contributed by atoms with Crippen LogP contribution in [-0.2, 0) is 6.42 Å². The second-order valence-corrected chi connectivity index (χ2v) is 8.23. The molecule has 0 bridgehead atoms. The smallest absolute Gasteiger partial charge is 0.318 e. The maximum absolute atomic E-state index is 13.5. The Bertz CT molecular complexity index is 1340. The molecule has 1 N–H and O–H groups in total. The van der Waals surface area contributed by atoms with Gasteiger partial charge in [-0.15, -0.1) is 0 Å². The number of carbonyl (C=O) groups is 1. The number of hydrogen-bond donors (Lipinski definition) is 1. The molecule has 0 saturated carbocycles. The van der Waals surface area contributed by atoms with Gasteiger partial charge in [-0.05, 0) is 62.2 Å². The van der Waals surface area contributed by atoms with Gasteiger partial charge >= 0.3 is 6.03 Å². The van der Waals surface area contributed by atoms with Crippen molar-refractivity contribution in [2.45, 2.75) is 33.2 Å². The highest BCUT2D eigenvalue weighted by Gasteiger charge is 2.24. The van der Waals surface area contributed by atoms with Crippen LogP contribution in [0.1, 0.15) is 36.8 Å². The Morgan fingerprint density at radius 3 is 2.36 bits per heavy atom. The van der Waals surface area contributed by atoms with Crippen LogP contribution < -0.4 is 10.9 Å². The summed E-state index contributed by atoms with van der Waals surface area (Å²) in [6.07, 6.45) is 0.940. The van der Waals surface area contributed by atoms with Gasteiger partial charge < -0.3 is 10.2 Å². The molecule has 3 aromatic carbocycles. The topological polar surface area (TPSA) is 67.2 Å². The number of fused-ring (bicyclic) bond motifs is 1. The minimum Gasteiger partial charge on any atom is -0.318 e. The predicted molar refractivity (Wildman–Crippen MR) is 133 cm³/mol. The van der Waals surface area contributed by atoms with Crippen LogP contribution >= 0.6 is 0 Å². The number of carbonyl (C=O) groups excluding carboxylic acids is 1. The summed E-state index contributed by atoms with van der Waals surface area (Å²) in [5, 5.41) is 3.47. The average molecular weight is 441 g/mol. The van der Waals surface area contributed by atoms with Gasteiger partial charge in [0.1, 0.15) is 5.82 Å². The minimum atomic E-state index is -0.460. The van der Waals surface area contributed by atoms with E-state index in [1.165, 1.54) is 5.56 Å². The van der Waals surface area contributed by atoms with E-state index >= 15 is 0 Å². The summed E-state index contributed by atoms with van der Waals surface area (Å²) < 4.78 is 1.60. The Labute approximate surface area is 193 Å². The van der Waals surface area contributed by atoms with E-state index < -0.39 is 6.04 Å². The molecule has 0 radical (unpaired) electrons. The highest BCUT2D eigenvalue weighted by molar-refractivity contribution is 5.89. The predicted octanol–water partition coefficient (Wildman–Crippen LogP) is 5.48. The lowest BCUT2D eigenvalue weighted by molar-refractivity contribution is 0.205. The zero-order valence-corrected chi connectivity index (χ0v) is 19.4. The Balaban J connectivity index is 1.73. The molecule has 4 aromatic rings. The molecular weight excluding hydrogens is 412 g/mol. The summed E-state index contributed by atoms with van der Waals surface area (Å²) in [4.78, 5) is 32.9. The highest BCUT2D eigenvalue weighted by Crippen LogP contribution is 2.23. The van der Waals surface area contributed by atoms with E-state index in [1.807, 2.05) is 80.6 Å². The number of nitrogens with one attached hydrogen (secondary N) is 1. The molecule has 168 valence electrons. The summed E-state index contributed by atoms with van der Waals surface area (Å²) in [5.74, 6) is 0.501. The number of rotatable bonds is 5. The van der Waals surface area contributed by atoms with Crippen molar-refractivity contribution in [2.24, 2.45) is 0 Å². The molecule has 33 heavy (non-hydrogen) atoms. The first-order valence-corrected chi connectivity index (χ1v) is 11.1. The lowest BCUT2D eigenvalue weighted by Gasteiger charge is -2.27. The number of para-hydroxylation sites is 1. The molecule has 1 unspecified atom stereocenters. The normalized spacial score (nSPS) is 11.9. The maximum atomic E-state index is 13.5. The molecule has 2 amide bonds. The van der Waals surface area contributed by atoms with E-state index in [2.05, 4.69) is 12.2 Å². The maximum Gasteiger partial charge on any atom is 0.322 e. The fraction of sp³-hybridized carbons (Fsp3) is 0.222. The largest absolute Gasteiger partial charge is 0.322 e. The molecule has 4 rings (SSSR count). The van der Waals surface area contributed by atoms with E-state index in [-0.39, 0.29) is 11.6 Å². The fourth-order valence-electron chi connectivity index (χ4n) is 3.76. The van der Waals surface area contributed by atoms with Crippen LogP contribution in [0.15, 0.2) is 77.6 Å². The molecule has 0 aliphatic carbocycles. The summed E-state index contributed by atoms with van der Waals surface area (Å²) in [7, 11) is 1.71. The van der Waals surface area contributed by atoms with Crippen molar-refractivity contribution >= 4 is 22.6 Å². The first-order valence-electron chi connectivity index (χ1n) is 11.1. The standard InChI is InChI=1S/C27H28N4O2/c1-5-20-12-14-21(15-13-20)28-27(33)30(4)19(3)25-29-24-9-7-6-8-23(24)26(32)31(25)22-16-10-18(2)11-17-22/h6-17,19H,5H2,1-4H3,(H,28,33). The number of aryl methyl sites for hydroxylation is 2. The van der Waals surface area contributed by atoms with Crippen molar-refractivity contribution in [1.82, 2.24) is 14.5 Å². The van der Waals surface area contributed by atoms with Gasteiger partial charge in [0, 0.05) is 12.7 Å². The van der Waals surface area contributed by atoms with Gasteiger partial charge in [0.05, 0.1) is 22.6 Å². The van der Waals surface area contributed by atoms with Gasteiger partial charge in [0.25, 0.3) is 5.56 Å². The third-order valence-electron chi connectivity index (χ3n) is 5.98. The van der Waals surface area contributed by atoms with Crippen LogP contribution in [-0.4, -0.2) is 27.5 Å². The zero-order valence-electron chi connectivity index (χ0n) is 19.4. The van der Waals surface area contributed by atoms with E-state index in [1.54, 1.807) is 22.6 Å². The van der Waals surface area contributed by atoms with Gasteiger partial charge in [0.15, 0.2) is 0 Å². The molecule has 0 aliphatic rings. The summed E-state index contributed by atoms with van der Waals surface area (Å²) in [6, 6.07) is 22.1. The molecule has 0 aliphatic heterocycles. The lowest BCUT2D eigenvalue weighted by Crippen LogP contribution is -2.37. The van der Waals surface area contributed by atoms with Crippen LogP contribution in [0.4, 0.5) is 10.5 Å². The first kappa shape index (κ1) is 22.3. The van der Waals surface area contributed by atoms with Crippen molar-refractivity contribution in [3.63, 3.8) is 0 Å². The van der Waals surface area contributed by atoms with E-state index in [4.69, 9.17) is 4.98 Å². The van der Waals surface area contributed by atoms with Gasteiger partial charge in [-0.3, -0.25) is 9.36 Å². The molecule has 0 saturated heterocycles. The number of hydrogen-bond acceptors (Lipinski definition) is 3. The van der Waals surface area contributed by atoms with Crippen molar-refractivity contribution in [1.29, 1.82) is 0 Å². The minimum absolute atomic E-state index is 0.157. The third-order valence-corrected chi connectivity index (χ3v) is 5.98. The molecular formula is C27H28N4O2. The van der Waals surface area contributed by atoms with Gasteiger partial charge in [-0.1, -0.05) is 48.9 Å². The number of urea groups is 1. The number of anilines is 1. The molecule has 1 heterocycles. The second-order valence-electron chi connectivity index (χ2n) is 8.23. The first-order chi connectivity index (χ1) is 15.9. The van der Waals surface area contributed by atoms with Gasteiger partial charge in [-0.2, -0.15) is 0 Å². The SMILES string of the molecule is CCc1ccc(NC(=O)N(C)C(C)c2nc3ccccc3c(=O)n2-c2ccc(C)cc2)cc1. The summed E-state index contributed by atoms with van der Waals surface area (Å²) >= 11 is 0. The molecule has 6 nitrogen and oxygen atoms in total. The summed E-state index contributed by atoms with van der Waals surface area (Å²) in [6.45, 7) is 5.97. The monoisotopic (exact) mass is 440 g/mol. The van der Waals surface area contributed by atoms with Crippen LogP contribution in [0, 0.1) is 6.92 Å². The van der Waals surface area contributed by atoms with Crippen LogP contribution in [0.25, 0.3) is 16.6 Å². The van der Waals surface area contributed by atoms with Crippen molar-refractivity contribution in [3.05, 3.63) is 100 Å². The zero-order chi connectivity index (χ0) is 23.5. The fourth-order valence-corrected chi connectivity index (χ4v) is 3.76. The third kappa shape index (κ3) is 4.51. The van der Waals surface area contributed by atoms with E-state index in [0.717, 1.165) is 23.4 Å². The van der Waals surface area contributed by atoms with Crippen LogP contribution in [0.3, 0.4) is 0 Å². The van der Waals surface area contributed by atoms with Gasteiger partial charge in [-0.25, -0.2) is 9.78 Å². The van der Waals surface area contributed by atoms with Crippen molar-refractivity contribution in [2.75, 3.05) is 12.4 Å². The van der Waals surface area contributed by atoms with Gasteiger partial charge in [0.2, 0.25) is 0 Å². The van der Waals surface area contributed by atoms with Crippen molar-refractivity contribution in [3.8, 4) is 5.69 Å². The van der Waals surface area contributed by atoms with Crippen LogP contribution in [0.5, 0.6) is 0 Å². The Hall–Kier alpha value is -3.93. The number of nitrogens with zero attached hydrogens (tertiary/aromatic N) is 3. The highest BCUT2D eigenvalue weighted by atomic mass is 16.2. The molecule has 1 aromatic heterocycles. The van der Waals surface area contributed by atoms with Crippen molar-refractivity contribution < 1.29 is 4.79 Å². The quantitative estimate of drug-likeness (QED) is 0.447. The Morgan fingerprint density at radius 2 is 1.70 bits per heavy atom. The van der Waals surface area contributed by atoms with E-state index in [0.29, 0.717) is 16.7 Å². The number of amides is 2. The lowest BCUT2D eigenvalue weighted by atomic mass is 10.1. The molecule has 6 heteroatoms. The Morgan fingerprint density at radius 1 is 1.03 bits per heavy atom. The summed E-state index contributed by atoms with van der Waals surface area (Å²) in [5.41, 5.74) is 4.19. The average Bonchev–Trinajstić information content (AvgIpc) is 2.84. The molecule has 1 atom stereocenters. The van der Waals surface area contributed by atoms with Crippen LogP contribution in [0.2, 0.25) is 0 Å². The molecule has 0 spiro atoms. The second kappa shape index (κ2) is 9.28. The molecule has 0 fully saturated rings. The number of benzene rings is 3. The Kier molecular flexibility index (Phi) is 6.27. The number of aromatic nitrogens is 2.